The molecular weight excluding hydrogens is 274 g/mol. The van der Waals surface area contributed by atoms with Gasteiger partial charge in [-0.25, -0.2) is 9.48 Å². The third kappa shape index (κ3) is 5.02. The highest BCUT2D eigenvalue weighted by Gasteiger charge is 2.22. The number of rotatable bonds is 7. The van der Waals surface area contributed by atoms with Crippen LogP contribution in [0.25, 0.3) is 0 Å². The van der Waals surface area contributed by atoms with Crippen LogP contribution in [0.4, 0.5) is 0 Å². The molecule has 1 rings (SSSR count). The van der Waals surface area contributed by atoms with E-state index in [0.717, 1.165) is 0 Å². The highest BCUT2D eigenvalue weighted by atomic mass is 16.4. The molecule has 2 N–H and O–H groups in total. The van der Waals surface area contributed by atoms with Crippen molar-refractivity contribution in [3.63, 3.8) is 0 Å². The molecular formula is C14H21N3O4. The zero-order chi connectivity index (χ0) is 16.0. The number of aliphatic carboxylic acids is 1. The lowest BCUT2D eigenvalue weighted by atomic mass is 10.0. The molecule has 0 aliphatic carbocycles. The Labute approximate surface area is 123 Å². The number of carbonyl (C=O) groups is 2. The maximum Gasteiger partial charge on any atom is 0.326 e. The molecule has 1 aromatic rings. The highest BCUT2D eigenvalue weighted by molar-refractivity contribution is 5.94. The number of aryl methyl sites for hydroxylation is 1. The van der Waals surface area contributed by atoms with Gasteiger partial charge in [-0.1, -0.05) is 20.8 Å². The lowest BCUT2D eigenvalue weighted by Gasteiger charge is -2.16. The summed E-state index contributed by atoms with van der Waals surface area (Å²) in [6.07, 6.45) is 1.04. The molecule has 0 aliphatic heterocycles. The number of nitrogens with one attached hydrogen (secondary N) is 1. The van der Waals surface area contributed by atoms with Crippen LogP contribution in [-0.4, -0.2) is 32.8 Å². The molecule has 0 saturated heterocycles. The summed E-state index contributed by atoms with van der Waals surface area (Å²) < 4.78 is 1.20. The van der Waals surface area contributed by atoms with Crippen molar-refractivity contribution in [2.24, 2.45) is 5.92 Å². The smallest absolute Gasteiger partial charge is 0.326 e. The van der Waals surface area contributed by atoms with E-state index in [0.29, 0.717) is 19.4 Å². The molecule has 0 fully saturated rings. The first kappa shape index (κ1) is 16.9. The van der Waals surface area contributed by atoms with Gasteiger partial charge in [0.2, 0.25) is 0 Å². The average molecular weight is 295 g/mol. The van der Waals surface area contributed by atoms with Gasteiger partial charge in [0.25, 0.3) is 11.5 Å². The number of amides is 1. The fourth-order valence-corrected chi connectivity index (χ4v) is 1.87. The Kier molecular flexibility index (Phi) is 6.08. The Balaban J connectivity index is 2.89. The predicted molar refractivity (Wildman–Crippen MR) is 77.1 cm³/mol. The van der Waals surface area contributed by atoms with Crippen LogP contribution >= 0.6 is 0 Å². The first-order valence-electron chi connectivity index (χ1n) is 6.97. The van der Waals surface area contributed by atoms with Crippen molar-refractivity contribution in [2.75, 3.05) is 0 Å². The lowest BCUT2D eigenvalue weighted by Crippen LogP contribution is -2.42. The van der Waals surface area contributed by atoms with Crippen LogP contribution in [0.5, 0.6) is 0 Å². The maximum atomic E-state index is 12.1. The molecule has 7 heteroatoms. The van der Waals surface area contributed by atoms with Crippen LogP contribution in [0.15, 0.2) is 16.9 Å². The highest BCUT2D eigenvalue weighted by Crippen LogP contribution is 2.06. The third-order valence-corrected chi connectivity index (χ3v) is 2.85. The molecule has 1 atom stereocenters. The summed E-state index contributed by atoms with van der Waals surface area (Å²) in [5.74, 6) is -1.54. The second kappa shape index (κ2) is 7.56. The van der Waals surface area contributed by atoms with Gasteiger partial charge in [0.1, 0.15) is 11.7 Å². The Hall–Kier alpha value is -2.18. The van der Waals surface area contributed by atoms with Crippen LogP contribution in [0.1, 0.15) is 44.1 Å². The van der Waals surface area contributed by atoms with E-state index >= 15 is 0 Å². The molecule has 0 spiro atoms. The molecule has 7 nitrogen and oxygen atoms in total. The molecule has 116 valence electrons. The summed E-state index contributed by atoms with van der Waals surface area (Å²) in [7, 11) is 0. The van der Waals surface area contributed by atoms with Gasteiger partial charge < -0.3 is 10.4 Å². The monoisotopic (exact) mass is 295 g/mol. The van der Waals surface area contributed by atoms with Gasteiger partial charge in [-0.3, -0.25) is 9.59 Å². The van der Waals surface area contributed by atoms with Gasteiger partial charge in [0.15, 0.2) is 0 Å². The lowest BCUT2D eigenvalue weighted by molar-refractivity contribution is -0.139. The van der Waals surface area contributed by atoms with Gasteiger partial charge in [-0.2, -0.15) is 5.10 Å². The molecule has 1 aromatic heterocycles. The zero-order valence-electron chi connectivity index (χ0n) is 12.5. The average Bonchev–Trinajstić information content (AvgIpc) is 2.40. The van der Waals surface area contributed by atoms with Crippen molar-refractivity contribution in [1.82, 2.24) is 15.1 Å². The molecule has 0 bridgehead atoms. The summed E-state index contributed by atoms with van der Waals surface area (Å²) in [5.41, 5.74) is -0.247. The predicted octanol–water partition coefficient (Wildman–Crippen LogP) is 0.882. The number of carboxylic acids is 1. The number of carboxylic acid groups (broad SMARTS) is 1. The Bertz CT molecular complexity index is 566. The van der Waals surface area contributed by atoms with Crippen molar-refractivity contribution >= 4 is 11.9 Å². The molecule has 0 saturated carbocycles. The minimum atomic E-state index is -1.08. The summed E-state index contributed by atoms with van der Waals surface area (Å²) in [5, 5.41) is 15.5. The van der Waals surface area contributed by atoms with E-state index in [2.05, 4.69) is 10.4 Å². The Morgan fingerprint density at radius 3 is 2.57 bits per heavy atom. The quantitative estimate of drug-likeness (QED) is 0.777. The number of carbonyl (C=O) groups excluding carboxylic acids is 1. The normalized spacial score (nSPS) is 12.2. The van der Waals surface area contributed by atoms with E-state index in [1.165, 1.54) is 16.8 Å². The van der Waals surface area contributed by atoms with Crippen LogP contribution < -0.4 is 10.9 Å². The van der Waals surface area contributed by atoms with E-state index in [9.17, 15) is 14.4 Å². The second-order valence-corrected chi connectivity index (χ2v) is 5.27. The SMILES string of the molecule is CCCn1nc(C(=O)NC(CC(C)C)C(=O)O)ccc1=O. The van der Waals surface area contributed by atoms with Crippen molar-refractivity contribution in [2.45, 2.75) is 46.2 Å². The van der Waals surface area contributed by atoms with Crippen LogP contribution in [-0.2, 0) is 11.3 Å². The fourth-order valence-electron chi connectivity index (χ4n) is 1.87. The first-order valence-corrected chi connectivity index (χ1v) is 6.97. The summed E-state index contributed by atoms with van der Waals surface area (Å²) in [4.78, 5) is 34.7. The van der Waals surface area contributed by atoms with Crippen molar-refractivity contribution in [3.8, 4) is 0 Å². The van der Waals surface area contributed by atoms with Gasteiger partial charge >= 0.3 is 5.97 Å². The molecule has 1 unspecified atom stereocenters. The van der Waals surface area contributed by atoms with E-state index in [1.807, 2.05) is 20.8 Å². The maximum absolute atomic E-state index is 12.1. The van der Waals surface area contributed by atoms with Gasteiger partial charge in [-0.05, 0) is 24.8 Å². The molecule has 1 amide bonds. The molecule has 0 aromatic carbocycles. The number of nitrogens with zero attached hydrogens (tertiary/aromatic N) is 2. The van der Waals surface area contributed by atoms with Crippen LogP contribution in [0.2, 0.25) is 0 Å². The second-order valence-electron chi connectivity index (χ2n) is 5.27. The number of hydrogen-bond donors (Lipinski definition) is 2. The van der Waals surface area contributed by atoms with E-state index in [-0.39, 0.29) is 17.2 Å². The third-order valence-electron chi connectivity index (χ3n) is 2.85. The molecule has 0 radical (unpaired) electrons. The van der Waals surface area contributed by atoms with Crippen molar-refractivity contribution < 1.29 is 14.7 Å². The summed E-state index contributed by atoms with van der Waals surface area (Å²) in [6, 6.07) is 1.60. The van der Waals surface area contributed by atoms with E-state index in [4.69, 9.17) is 5.11 Å². The largest absolute Gasteiger partial charge is 0.480 e. The topological polar surface area (TPSA) is 101 Å². The summed E-state index contributed by atoms with van der Waals surface area (Å²) in [6.45, 7) is 6.06. The van der Waals surface area contributed by atoms with Crippen molar-refractivity contribution in [1.29, 1.82) is 0 Å². The minimum Gasteiger partial charge on any atom is -0.480 e. The number of hydrogen-bond acceptors (Lipinski definition) is 4. The zero-order valence-corrected chi connectivity index (χ0v) is 12.5. The van der Waals surface area contributed by atoms with Gasteiger partial charge in [-0.15, -0.1) is 0 Å². The van der Waals surface area contributed by atoms with Gasteiger partial charge in [0.05, 0.1) is 0 Å². The number of aromatic nitrogens is 2. The van der Waals surface area contributed by atoms with E-state index in [1.54, 1.807) is 0 Å². The molecule has 21 heavy (non-hydrogen) atoms. The van der Waals surface area contributed by atoms with Crippen molar-refractivity contribution in [3.05, 3.63) is 28.2 Å². The standard InChI is InChI=1S/C14H21N3O4/c1-4-7-17-12(18)6-5-10(16-17)13(19)15-11(14(20)21)8-9(2)3/h5-6,9,11H,4,7-8H2,1-3H3,(H,15,19)(H,20,21). The first-order chi connectivity index (χ1) is 9.85. The summed E-state index contributed by atoms with van der Waals surface area (Å²) >= 11 is 0. The van der Waals surface area contributed by atoms with Crippen LogP contribution in [0.3, 0.4) is 0 Å². The van der Waals surface area contributed by atoms with E-state index < -0.39 is 17.9 Å². The van der Waals surface area contributed by atoms with Crippen LogP contribution in [0, 0.1) is 5.92 Å². The Morgan fingerprint density at radius 2 is 2.05 bits per heavy atom. The Morgan fingerprint density at radius 1 is 1.38 bits per heavy atom. The van der Waals surface area contributed by atoms with Gasteiger partial charge in [0, 0.05) is 12.6 Å². The molecule has 0 aliphatic rings. The fraction of sp³-hybridized carbons (Fsp3) is 0.571. The minimum absolute atomic E-state index is 0.0399. The molecule has 1 heterocycles.